The first-order valence-corrected chi connectivity index (χ1v) is 8.33. The van der Waals surface area contributed by atoms with Gasteiger partial charge in [0.05, 0.1) is 0 Å². The second-order valence-corrected chi connectivity index (χ2v) is 5.75. The molecule has 0 saturated carbocycles. The fourth-order valence-corrected chi connectivity index (χ4v) is 2.50. The predicted molar refractivity (Wildman–Crippen MR) is 93.5 cm³/mol. The van der Waals surface area contributed by atoms with Gasteiger partial charge in [-0.05, 0) is 39.1 Å². The van der Waals surface area contributed by atoms with Crippen molar-refractivity contribution in [2.24, 2.45) is 0 Å². The van der Waals surface area contributed by atoms with Gasteiger partial charge in [-0.1, -0.05) is 31.5 Å². The molecule has 5 nitrogen and oxygen atoms in total. The number of nitrogens with one attached hydrogen (secondary N) is 2. The van der Waals surface area contributed by atoms with Gasteiger partial charge in [-0.3, -0.25) is 14.5 Å². The molecule has 23 heavy (non-hydrogen) atoms. The molecule has 0 unspecified atom stereocenters. The minimum absolute atomic E-state index is 0.0338. The van der Waals surface area contributed by atoms with Crippen molar-refractivity contribution in [1.29, 1.82) is 0 Å². The number of likely N-dealkylation sites (N-methyl/N-ethyl adjacent to an activating group) is 1. The van der Waals surface area contributed by atoms with Crippen molar-refractivity contribution in [2.45, 2.75) is 40.2 Å². The molecule has 0 aromatic heterocycles. The maximum atomic E-state index is 12.0. The van der Waals surface area contributed by atoms with Crippen molar-refractivity contribution in [3.05, 3.63) is 35.4 Å². The summed E-state index contributed by atoms with van der Waals surface area (Å²) in [6.45, 7) is 11.2. The lowest BCUT2D eigenvalue weighted by molar-refractivity contribution is -0.121. The van der Waals surface area contributed by atoms with E-state index in [0.29, 0.717) is 31.1 Å². The van der Waals surface area contributed by atoms with Crippen molar-refractivity contribution < 1.29 is 9.59 Å². The summed E-state index contributed by atoms with van der Waals surface area (Å²) >= 11 is 0. The number of hydrogen-bond donors (Lipinski definition) is 2. The van der Waals surface area contributed by atoms with Gasteiger partial charge in [0.15, 0.2) is 0 Å². The van der Waals surface area contributed by atoms with Crippen LogP contribution in [0.15, 0.2) is 24.3 Å². The molecule has 0 aliphatic heterocycles. The number of rotatable bonds is 9. The summed E-state index contributed by atoms with van der Waals surface area (Å²) in [6.07, 6.45) is 0.294. The standard InChI is InChI=1S/C18H29N3O2/c1-5-21(6-2)15(4)13-20-17(22)10-11-19-18(23)16-9-7-8-14(3)12-16/h7-9,12,15H,5-6,10-11,13H2,1-4H3,(H,19,23)(H,20,22)/t15-/m1/s1. The van der Waals surface area contributed by atoms with E-state index in [1.54, 1.807) is 6.07 Å². The SMILES string of the molecule is CCN(CC)[C@H](C)CNC(=O)CCNC(=O)c1cccc(C)c1. The van der Waals surface area contributed by atoms with E-state index in [1.807, 2.05) is 25.1 Å². The van der Waals surface area contributed by atoms with Gasteiger partial charge in [0.2, 0.25) is 5.91 Å². The quantitative estimate of drug-likeness (QED) is 0.731. The van der Waals surface area contributed by atoms with Gasteiger partial charge in [-0.25, -0.2) is 0 Å². The Morgan fingerprint density at radius 2 is 1.87 bits per heavy atom. The average Bonchev–Trinajstić information content (AvgIpc) is 2.54. The smallest absolute Gasteiger partial charge is 0.251 e. The van der Waals surface area contributed by atoms with Gasteiger partial charge in [-0.2, -0.15) is 0 Å². The van der Waals surface area contributed by atoms with Crippen molar-refractivity contribution in [1.82, 2.24) is 15.5 Å². The van der Waals surface area contributed by atoms with Crippen LogP contribution < -0.4 is 10.6 Å². The summed E-state index contributed by atoms with van der Waals surface area (Å²) in [7, 11) is 0. The fraction of sp³-hybridized carbons (Fsp3) is 0.556. The molecule has 1 aromatic carbocycles. The maximum Gasteiger partial charge on any atom is 0.251 e. The molecule has 0 radical (unpaired) electrons. The molecule has 0 spiro atoms. The zero-order valence-corrected chi connectivity index (χ0v) is 14.7. The van der Waals surface area contributed by atoms with Crippen LogP contribution in [0, 0.1) is 6.92 Å². The van der Waals surface area contributed by atoms with Gasteiger partial charge in [0.25, 0.3) is 5.91 Å². The number of hydrogen-bond acceptors (Lipinski definition) is 3. The van der Waals surface area contributed by atoms with Crippen LogP contribution in [-0.4, -0.2) is 48.9 Å². The summed E-state index contributed by atoms with van der Waals surface area (Å²) < 4.78 is 0. The Labute approximate surface area is 139 Å². The van der Waals surface area contributed by atoms with Crippen molar-refractivity contribution in [3.8, 4) is 0 Å². The third-order valence-corrected chi connectivity index (χ3v) is 3.95. The van der Waals surface area contributed by atoms with E-state index in [0.717, 1.165) is 18.7 Å². The summed E-state index contributed by atoms with van der Waals surface area (Å²) in [5, 5.41) is 5.70. The van der Waals surface area contributed by atoms with Crippen LogP contribution in [0.1, 0.15) is 43.1 Å². The summed E-state index contributed by atoms with van der Waals surface area (Å²) in [6, 6.07) is 7.72. The van der Waals surface area contributed by atoms with E-state index in [-0.39, 0.29) is 11.8 Å². The zero-order valence-electron chi connectivity index (χ0n) is 14.7. The molecule has 0 fully saturated rings. The summed E-state index contributed by atoms with van der Waals surface area (Å²) in [5.74, 6) is -0.174. The van der Waals surface area contributed by atoms with E-state index in [2.05, 4.69) is 36.3 Å². The Morgan fingerprint density at radius 3 is 2.48 bits per heavy atom. The van der Waals surface area contributed by atoms with Crippen LogP contribution >= 0.6 is 0 Å². The molecule has 0 aliphatic carbocycles. The van der Waals surface area contributed by atoms with Gasteiger partial charge >= 0.3 is 0 Å². The summed E-state index contributed by atoms with van der Waals surface area (Å²) in [5.41, 5.74) is 1.67. The van der Waals surface area contributed by atoms with Crippen LogP contribution in [0.2, 0.25) is 0 Å². The molecule has 1 rings (SSSR count). The van der Waals surface area contributed by atoms with Gasteiger partial charge < -0.3 is 10.6 Å². The van der Waals surface area contributed by atoms with Crippen LogP contribution in [0.4, 0.5) is 0 Å². The Morgan fingerprint density at radius 1 is 1.17 bits per heavy atom. The first-order valence-electron chi connectivity index (χ1n) is 8.33. The zero-order chi connectivity index (χ0) is 17.2. The second kappa shape index (κ2) is 10.0. The molecule has 0 heterocycles. The summed E-state index contributed by atoms with van der Waals surface area (Å²) in [4.78, 5) is 26.1. The van der Waals surface area contributed by atoms with Crippen LogP contribution in [-0.2, 0) is 4.79 Å². The Bertz CT molecular complexity index is 513. The third kappa shape index (κ3) is 6.82. The molecule has 0 aliphatic rings. The van der Waals surface area contributed by atoms with E-state index >= 15 is 0 Å². The number of carbonyl (C=O) groups is 2. The molecule has 0 saturated heterocycles. The highest BCUT2D eigenvalue weighted by atomic mass is 16.2. The fourth-order valence-electron chi connectivity index (χ4n) is 2.50. The Balaban J connectivity index is 2.27. The van der Waals surface area contributed by atoms with Gasteiger partial charge in [0.1, 0.15) is 0 Å². The van der Waals surface area contributed by atoms with E-state index < -0.39 is 0 Å². The van der Waals surface area contributed by atoms with Gasteiger partial charge in [0, 0.05) is 31.1 Å². The lowest BCUT2D eigenvalue weighted by atomic mass is 10.1. The largest absolute Gasteiger partial charge is 0.354 e. The van der Waals surface area contributed by atoms with Crippen molar-refractivity contribution in [2.75, 3.05) is 26.2 Å². The molecule has 0 bridgehead atoms. The van der Waals surface area contributed by atoms with E-state index in [1.165, 1.54) is 0 Å². The van der Waals surface area contributed by atoms with Crippen LogP contribution in [0.25, 0.3) is 0 Å². The first-order chi connectivity index (χ1) is 11.0. The van der Waals surface area contributed by atoms with Gasteiger partial charge in [-0.15, -0.1) is 0 Å². The Kier molecular flexibility index (Phi) is 8.33. The Hall–Kier alpha value is -1.88. The highest BCUT2D eigenvalue weighted by Gasteiger charge is 2.11. The lowest BCUT2D eigenvalue weighted by Crippen LogP contribution is -2.42. The second-order valence-electron chi connectivity index (χ2n) is 5.75. The molecule has 1 aromatic rings. The highest BCUT2D eigenvalue weighted by molar-refractivity contribution is 5.94. The van der Waals surface area contributed by atoms with Crippen molar-refractivity contribution in [3.63, 3.8) is 0 Å². The molecule has 1 atom stereocenters. The number of benzene rings is 1. The third-order valence-electron chi connectivity index (χ3n) is 3.95. The van der Waals surface area contributed by atoms with Crippen molar-refractivity contribution >= 4 is 11.8 Å². The highest BCUT2D eigenvalue weighted by Crippen LogP contribution is 2.03. The number of nitrogens with zero attached hydrogens (tertiary/aromatic N) is 1. The minimum atomic E-state index is -0.141. The monoisotopic (exact) mass is 319 g/mol. The lowest BCUT2D eigenvalue weighted by Gasteiger charge is -2.26. The number of amides is 2. The molecule has 2 amide bonds. The van der Waals surface area contributed by atoms with Crippen LogP contribution in [0.5, 0.6) is 0 Å². The van der Waals surface area contributed by atoms with Crippen LogP contribution in [0.3, 0.4) is 0 Å². The first kappa shape index (κ1) is 19.2. The minimum Gasteiger partial charge on any atom is -0.354 e. The van der Waals surface area contributed by atoms with E-state index in [4.69, 9.17) is 0 Å². The number of carbonyl (C=O) groups excluding carboxylic acids is 2. The molecule has 5 heteroatoms. The normalized spacial score (nSPS) is 12.0. The topological polar surface area (TPSA) is 61.4 Å². The maximum absolute atomic E-state index is 12.0. The average molecular weight is 319 g/mol. The molecular formula is C18H29N3O2. The molecule has 128 valence electrons. The molecule has 2 N–H and O–H groups in total. The molecular weight excluding hydrogens is 290 g/mol. The number of aryl methyl sites for hydroxylation is 1. The predicted octanol–water partition coefficient (Wildman–Crippen LogP) is 1.96. The van der Waals surface area contributed by atoms with E-state index in [9.17, 15) is 9.59 Å².